The summed E-state index contributed by atoms with van der Waals surface area (Å²) in [6.07, 6.45) is 5.26. The minimum Gasteiger partial charge on any atom is -0.457 e. The van der Waals surface area contributed by atoms with E-state index in [4.69, 9.17) is 15.9 Å². The average molecular weight is 574 g/mol. The summed E-state index contributed by atoms with van der Waals surface area (Å²) in [7, 11) is 0. The summed E-state index contributed by atoms with van der Waals surface area (Å²) in [5.41, 5.74) is 6.60. The molecule has 41 heavy (non-hydrogen) atoms. The molecule has 1 aliphatic heterocycles. The molecule has 5 rings (SSSR count). The van der Waals surface area contributed by atoms with Crippen LogP contribution in [0.5, 0.6) is 11.5 Å². The first-order valence-corrected chi connectivity index (χ1v) is 14.9. The Morgan fingerprint density at radius 3 is 2.34 bits per heavy atom. The minimum atomic E-state index is -0.577. The lowest BCUT2D eigenvalue weighted by Gasteiger charge is -2.24. The van der Waals surface area contributed by atoms with Gasteiger partial charge in [-0.15, -0.1) is 11.3 Å². The zero-order valence-electron chi connectivity index (χ0n) is 22.8. The maximum absolute atomic E-state index is 13.3. The van der Waals surface area contributed by atoms with Crippen LogP contribution < -0.4 is 21.1 Å². The number of nitrogens with one attached hydrogen (secondary N) is 3. The number of nitrogens with two attached hydrogens (primary N) is 1. The van der Waals surface area contributed by atoms with Gasteiger partial charge in [-0.25, -0.2) is 0 Å². The van der Waals surface area contributed by atoms with Crippen molar-refractivity contribution in [3.05, 3.63) is 82.0 Å². The van der Waals surface area contributed by atoms with E-state index in [1.165, 1.54) is 24.2 Å². The molecule has 10 heteroatoms. The molecule has 2 atom stereocenters. The number of carbonyl (C=O) groups is 3. The molecule has 1 aliphatic carbocycles. The fourth-order valence-corrected chi connectivity index (χ4v) is 6.55. The van der Waals surface area contributed by atoms with Gasteiger partial charge >= 0.3 is 0 Å². The van der Waals surface area contributed by atoms with E-state index in [2.05, 4.69) is 10.6 Å². The summed E-state index contributed by atoms with van der Waals surface area (Å²) in [4.78, 5) is 42.0. The Morgan fingerprint density at radius 2 is 1.66 bits per heavy atom. The number of hydrogen-bond donors (Lipinski definition) is 4. The van der Waals surface area contributed by atoms with Gasteiger partial charge in [0.1, 0.15) is 23.4 Å². The molecule has 5 N–H and O–H groups in total. The van der Waals surface area contributed by atoms with E-state index < -0.39 is 6.04 Å². The third-order valence-corrected chi connectivity index (χ3v) is 8.86. The van der Waals surface area contributed by atoms with Crippen molar-refractivity contribution in [3.8, 4) is 11.5 Å². The van der Waals surface area contributed by atoms with Crippen LogP contribution in [-0.2, 0) is 16.1 Å². The molecule has 0 spiro atoms. The molecule has 1 saturated carbocycles. The van der Waals surface area contributed by atoms with Gasteiger partial charge in [0.15, 0.2) is 0 Å². The number of amidine groups is 1. The van der Waals surface area contributed by atoms with Gasteiger partial charge in [-0.1, -0.05) is 43.9 Å². The monoisotopic (exact) mass is 573 g/mol. The summed E-state index contributed by atoms with van der Waals surface area (Å²) < 4.78 is 5.78. The lowest BCUT2D eigenvalue weighted by Crippen LogP contribution is -2.48. The van der Waals surface area contributed by atoms with Crippen LogP contribution in [0, 0.1) is 17.2 Å². The van der Waals surface area contributed by atoms with Gasteiger partial charge in [-0.3, -0.25) is 19.8 Å². The average Bonchev–Trinajstić information content (AvgIpc) is 3.76. The van der Waals surface area contributed by atoms with Crippen molar-refractivity contribution in [2.75, 3.05) is 13.1 Å². The SMILES string of the molecule is N=C(N)c1csc(CNC(=O)[C@@H]2C[C@H](C3CCCC3)CN2C(=O)CNC(=O)c2ccc(Oc3ccccc3)cc2)c1. The van der Waals surface area contributed by atoms with Crippen molar-refractivity contribution in [1.29, 1.82) is 5.41 Å². The van der Waals surface area contributed by atoms with Gasteiger partial charge in [-0.2, -0.15) is 0 Å². The topological polar surface area (TPSA) is 138 Å². The smallest absolute Gasteiger partial charge is 0.251 e. The van der Waals surface area contributed by atoms with Crippen LogP contribution in [-0.4, -0.2) is 47.6 Å². The normalized spacial score (nSPS) is 18.7. The molecular formula is C31H35N5O4S. The fraction of sp³-hybridized carbons (Fsp3) is 0.355. The number of benzene rings is 2. The Morgan fingerprint density at radius 1 is 0.951 bits per heavy atom. The number of amides is 3. The number of hydrogen-bond acceptors (Lipinski definition) is 6. The molecule has 9 nitrogen and oxygen atoms in total. The van der Waals surface area contributed by atoms with Crippen LogP contribution in [0.2, 0.25) is 0 Å². The predicted molar refractivity (Wildman–Crippen MR) is 158 cm³/mol. The molecule has 2 fully saturated rings. The largest absolute Gasteiger partial charge is 0.457 e. The molecule has 214 valence electrons. The summed E-state index contributed by atoms with van der Waals surface area (Å²) in [6, 6.07) is 17.3. The highest BCUT2D eigenvalue weighted by Crippen LogP contribution is 2.38. The molecule has 1 saturated heterocycles. The molecule has 2 aliphatic rings. The van der Waals surface area contributed by atoms with E-state index in [0.29, 0.717) is 48.1 Å². The van der Waals surface area contributed by atoms with Crippen LogP contribution in [0.3, 0.4) is 0 Å². The maximum Gasteiger partial charge on any atom is 0.251 e. The Labute approximate surface area is 243 Å². The first-order chi connectivity index (χ1) is 19.9. The minimum absolute atomic E-state index is 0.00990. The van der Waals surface area contributed by atoms with Gasteiger partial charge in [-0.05, 0) is 60.7 Å². The number of nitrogen functional groups attached to an aromatic ring is 1. The van der Waals surface area contributed by atoms with Gasteiger partial charge < -0.3 is 26.0 Å². The van der Waals surface area contributed by atoms with Crippen LogP contribution in [0.1, 0.15) is 52.9 Å². The Hall–Kier alpha value is -4.18. The van der Waals surface area contributed by atoms with E-state index in [1.807, 2.05) is 30.3 Å². The summed E-state index contributed by atoms with van der Waals surface area (Å²) >= 11 is 1.43. The summed E-state index contributed by atoms with van der Waals surface area (Å²) in [6.45, 7) is 0.649. The third kappa shape index (κ3) is 7.13. The fourth-order valence-electron chi connectivity index (χ4n) is 5.73. The molecule has 3 amide bonds. The second-order valence-electron chi connectivity index (χ2n) is 10.7. The van der Waals surface area contributed by atoms with Crippen LogP contribution >= 0.6 is 11.3 Å². The first-order valence-electron chi connectivity index (χ1n) is 14.0. The Bertz CT molecular complexity index is 1390. The summed E-state index contributed by atoms with van der Waals surface area (Å²) in [5.74, 6) is 1.26. The van der Waals surface area contributed by atoms with Crippen molar-refractivity contribution in [2.45, 2.75) is 44.7 Å². The predicted octanol–water partition coefficient (Wildman–Crippen LogP) is 4.28. The number of nitrogens with zero attached hydrogens (tertiary/aromatic N) is 1. The zero-order chi connectivity index (χ0) is 28.8. The third-order valence-electron chi connectivity index (χ3n) is 7.92. The molecule has 1 aromatic heterocycles. The number of carbonyl (C=O) groups excluding carboxylic acids is 3. The second kappa shape index (κ2) is 13.0. The second-order valence-corrected chi connectivity index (χ2v) is 11.7. The van der Waals surface area contributed by atoms with E-state index in [-0.39, 0.29) is 36.0 Å². The number of para-hydroxylation sites is 1. The lowest BCUT2D eigenvalue weighted by molar-refractivity contribution is -0.137. The molecule has 0 unspecified atom stereocenters. The molecule has 3 aromatic rings. The molecule has 0 bridgehead atoms. The number of rotatable bonds is 10. The maximum atomic E-state index is 13.3. The lowest BCUT2D eigenvalue weighted by atomic mass is 9.89. The zero-order valence-corrected chi connectivity index (χ0v) is 23.6. The number of likely N-dealkylation sites (tertiary alicyclic amines) is 1. The highest BCUT2D eigenvalue weighted by molar-refractivity contribution is 7.10. The van der Waals surface area contributed by atoms with Gasteiger partial charge in [0.2, 0.25) is 11.8 Å². The highest BCUT2D eigenvalue weighted by Gasteiger charge is 2.42. The van der Waals surface area contributed by atoms with E-state index in [0.717, 1.165) is 17.7 Å². The van der Waals surface area contributed by atoms with E-state index >= 15 is 0 Å². The molecular weight excluding hydrogens is 538 g/mol. The Balaban J connectivity index is 1.18. The first kappa shape index (κ1) is 28.4. The van der Waals surface area contributed by atoms with Crippen molar-refractivity contribution in [2.24, 2.45) is 17.6 Å². The van der Waals surface area contributed by atoms with Crippen LogP contribution in [0.4, 0.5) is 0 Å². The van der Waals surface area contributed by atoms with Crippen LogP contribution in [0.25, 0.3) is 0 Å². The van der Waals surface area contributed by atoms with Gasteiger partial charge in [0, 0.05) is 27.9 Å². The summed E-state index contributed by atoms with van der Waals surface area (Å²) in [5, 5.41) is 15.1. The standard InChI is InChI=1S/C31H35N5O4S/c32-29(33)23-14-26(41-19-23)16-34-31(39)27-15-22(20-6-4-5-7-20)18-36(27)28(37)17-35-30(38)21-10-12-25(13-11-21)40-24-8-2-1-3-9-24/h1-3,8-14,19-20,22,27H,4-7,15-18H2,(H3,32,33)(H,34,39)(H,35,38)/t22-,27-/m0/s1. The van der Waals surface area contributed by atoms with Gasteiger partial charge in [0.25, 0.3) is 5.91 Å². The van der Waals surface area contributed by atoms with Crippen molar-refractivity contribution >= 4 is 34.9 Å². The number of thiophene rings is 1. The van der Waals surface area contributed by atoms with Gasteiger partial charge in [0.05, 0.1) is 13.1 Å². The quantitative estimate of drug-likeness (QED) is 0.212. The van der Waals surface area contributed by atoms with Crippen LogP contribution in [0.15, 0.2) is 66.0 Å². The number of ether oxygens (including phenoxy) is 1. The Kier molecular flexibility index (Phi) is 8.98. The molecule has 0 radical (unpaired) electrons. The van der Waals surface area contributed by atoms with E-state index in [1.54, 1.807) is 40.6 Å². The molecule has 2 heterocycles. The van der Waals surface area contributed by atoms with Crippen molar-refractivity contribution < 1.29 is 19.1 Å². The highest BCUT2D eigenvalue weighted by atomic mass is 32.1. The molecule has 2 aromatic carbocycles. The van der Waals surface area contributed by atoms with Crippen molar-refractivity contribution in [3.63, 3.8) is 0 Å². The van der Waals surface area contributed by atoms with Crippen molar-refractivity contribution in [1.82, 2.24) is 15.5 Å². The van der Waals surface area contributed by atoms with E-state index in [9.17, 15) is 14.4 Å².